The van der Waals surface area contributed by atoms with Crippen LogP contribution >= 0.6 is 11.3 Å². The van der Waals surface area contributed by atoms with Crippen LogP contribution in [0.4, 0.5) is 0 Å². The smallest absolute Gasteiger partial charge is 0.259 e. The number of nitrogens with zero attached hydrogens (tertiary/aromatic N) is 2. The lowest BCUT2D eigenvalue weighted by molar-refractivity contribution is 0.217. The van der Waals surface area contributed by atoms with E-state index in [4.69, 9.17) is 4.74 Å². The topological polar surface area (TPSA) is 34.5 Å². The minimum Gasteiger partial charge on any atom is -0.489 e. The molecular formula is C33H40N2O2S. The number of benzene rings is 2. The van der Waals surface area contributed by atoms with Gasteiger partial charge in [0.1, 0.15) is 12.4 Å². The highest BCUT2D eigenvalue weighted by Crippen LogP contribution is 2.36. The summed E-state index contributed by atoms with van der Waals surface area (Å²) in [5.74, 6) is 1.53. The number of hydrogen-bond acceptors (Lipinski definition) is 4. The highest BCUT2D eigenvalue weighted by atomic mass is 32.1. The van der Waals surface area contributed by atoms with E-state index in [2.05, 4.69) is 49.1 Å². The summed E-state index contributed by atoms with van der Waals surface area (Å²) in [5.41, 5.74) is 3.42. The molecule has 0 bridgehead atoms. The van der Waals surface area contributed by atoms with Gasteiger partial charge in [0.2, 0.25) is 0 Å². The lowest BCUT2D eigenvalue weighted by Gasteiger charge is -2.25. The van der Waals surface area contributed by atoms with Gasteiger partial charge in [-0.05, 0) is 87.9 Å². The molecule has 4 nitrogen and oxygen atoms in total. The molecule has 4 aromatic rings. The average molecular weight is 529 g/mol. The van der Waals surface area contributed by atoms with E-state index in [1.165, 1.54) is 50.1 Å². The first-order chi connectivity index (χ1) is 18.5. The molecule has 0 amide bonds. The van der Waals surface area contributed by atoms with Crippen molar-refractivity contribution in [1.82, 2.24) is 9.47 Å². The van der Waals surface area contributed by atoms with Gasteiger partial charge < -0.3 is 14.2 Å². The molecule has 0 saturated carbocycles. The summed E-state index contributed by atoms with van der Waals surface area (Å²) < 4.78 is 8.93. The molecule has 1 fully saturated rings. The van der Waals surface area contributed by atoms with E-state index >= 15 is 0 Å². The average Bonchev–Trinajstić information content (AvgIpc) is 3.39. The molecule has 1 aliphatic rings. The largest absolute Gasteiger partial charge is 0.489 e. The Bertz CT molecular complexity index is 1410. The van der Waals surface area contributed by atoms with Crippen molar-refractivity contribution < 1.29 is 4.74 Å². The third-order valence-corrected chi connectivity index (χ3v) is 9.07. The zero-order valence-electron chi connectivity index (χ0n) is 23.0. The minimum absolute atomic E-state index is 0.0878. The number of ether oxygens (including phenoxy) is 1. The Labute approximate surface area is 230 Å². The Morgan fingerprint density at radius 2 is 1.76 bits per heavy atom. The zero-order chi connectivity index (χ0) is 26.5. The van der Waals surface area contributed by atoms with E-state index in [1.54, 1.807) is 4.57 Å². The van der Waals surface area contributed by atoms with Gasteiger partial charge in [0, 0.05) is 34.4 Å². The molecule has 5 rings (SSSR count). The number of rotatable bonds is 7. The summed E-state index contributed by atoms with van der Waals surface area (Å²) in [4.78, 5) is 17.1. The van der Waals surface area contributed by atoms with Crippen LogP contribution in [0.15, 0.2) is 71.7 Å². The summed E-state index contributed by atoms with van der Waals surface area (Å²) in [6.07, 6.45) is 9.45. The van der Waals surface area contributed by atoms with Crippen LogP contribution in [-0.4, -0.2) is 28.6 Å². The van der Waals surface area contributed by atoms with Gasteiger partial charge in [-0.2, -0.15) is 0 Å². The monoisotopic (exact) mass is 528 g/mol. The molecule has 0 radical (unpaired) electrons. The van der Waals surface area contributed by atoms with Crippen LogP contribution < -0.4 is 10.3 Å². The van der Waals surface area contributed by atoms with E-state index in [-0.39, 0.29) is 5.56 Å². The molecule has 0 N–H and O–H groups in total. The van der Waals surface area contributed by atoms with Gasteiger partial charge in [0.25, 0.3) is 5.56 Å². The van der Waals surface area contributed by atoms with Crippen molar-refractivity contribution in [2.75, 3.05) is 13.1 Å². The molecular weight excluding hydrogens is 488 g/mol. The van der Waals surface area contributed by atoms with Crippen LogP contribution in [0.2, 0.25) is 0 Å². The maximum atomic E-state index is 13.1. The predicted octanol–water partition coefficient (Wildman–Crippen LogP) is 7.68. The molecule has 2 aromatic carbocycles. The van der Waals surface area contributed by atoms with E-state index in [9.17, 15) is 4.79 Å². The molecule has 200 valence electrons. The highest BCUT2D eigenvalue weighted by Gasteiger charge is 2.19. The number of fused-ring (bicyclic) bond motifs is 1. The fraction of sp³-hybridized carbons (Fsp3) is 0.424. The standard InChI is InChI=1S/C33H40N2O2S/c1-24(2)35-17-8-7-11-25(14-10-18-35)19-29-21-30-32(38-29)31(22-34(3)33(30)36)27-15-9-16-28(20-27)37-23-26-12-5-4-6-13-26/h4-6,9,12-13,15-16,20-22,24-25H,7-8,10-11,14,17-19,23H2,1-3H3. The van der Waals surface area contributed by atoms with E-state index in [0.29, 0.717) is 18.6 Å². The third-order valence-electron chi connectivity index (χ3n) is 7.88. The number of aryl methyl sites for hydroxylation is 1. The van der Waals surface area contributed by atoms with Gasteiger partial charge in [-0.1, -0.05) is 55.3 Å². The summed E-state index contributed by atoms with van der Waals surface area (Å²) in [5, 5.41) is 0.842. The van der Waals surface area contributed by atoms with Gasteiger partial charge in [-0.3, -0.25) is 4.79 Å². The molecule has 0 spiro atoms. The Balaban J connectivity index is 1.38. The van der Waals surface area contributed by atoms with Gasteiger partial charge in [-0.15, -0.1) is 11.3 Å². The van der Waals surface area contributed by atoms with Crippen LogP contribution in [0, 0.1) is 5.92 Å². The highest BCUT2D eigenvalue weighted by molar-refractivity contribution is 7.19. The Morgan fingerprint density at radius 1 is 0.974 bits per heavy atom. The second-order valence-electron chi connectivity index (χ2n) is 11.1. The number of thiophene rings is 1. The van der Waals surface area contributed by atoms with Gasteiger partial charge in [0.05, 0.1) is 5.39 Å². The molecule has 1 unspecified atom stereocenters. The Hall–Kier alpha value is -2.89. The van der Waals surface area contributed by atoms with Crippen LogP contribution in [0.5, 0.6) is 5.75 Å². The first-order valence-electron chi connectivity index (χ1n) is 14.1. The minimum atomic E-state index is 0.0878. The fourth-order valence-electron chi connectivity index (χ4n) is 5.69. The van der Waals surface area contributed by atoms with E-state index < -0.39 is 0 Å². The fourth-order valence-corrected chi connectivity index (χ4v) is 6.99. The van der Waals surface area contributed by atoms with Crippen molar-refractivity contribution in [3.63, 3.8) is 0 Å². The second kappa shape index (κ2) is 12.3. The van der Waals surface area contributed by atoms with Crippen molar-refractivity contribution in [3.05, 3.63) is 87.7 Å². The predicted molar refractivity (Wildman–Crippen MR) is 160 cm³/mol. The Morgan fingerprint density at radius 3 is 2.58 bits per heavy atom. The summed E-state index contributed by atoms with van der Waals surface area (Å²) in [6.45, 7) is 7.59. The summed E-state index contributed by atoms with van der Waals surface area (Å²) in [7, 11) is 1.86. The molecule has 2 aromatic heterocycles. The summed E-state index contributed by atoms with van der Waals surface area (Å²) >= 11 is 1.81. The summed E-state index contributed by atoms with van der Waals surface area (Å²) in [6, 6.07) is 21.3. The molecule has 5 heteroatoms. The molecule has 1 saturated heterocycles. The number of aromatic nitrogens is 1. The van der Waals surface area contributed by atoms with Gasteiger partial charge in [-0.25, -0.2) is 0 Å². The van der Waals surface area contributed by atoms with Crippen LogP contribution in [-0.2, 0) is 20.1 Å². The molecule has 1 aliphatic heterocycles. The lowest BCUT2D eigenvalue weighted by atomic mass is 9.93. The SMILES string of the molecule is CC(C)N1CCCCC(Cc2cc3c(=O)n(C)cc(-c4cccc(OCc5ccccc5)c4)c3s2)CCC1. The molecule has 1 atom stereocenters. The quantitative estimate of drug-likeness (QED) is 0.247. The first-order valence-corrected chi connectivity index (χ1v) is 14.9. The van der Waals surface area contributed by atoms with E-state index in [0.717, 1.165) is 38.9 Å². The van der Waals surface area contributed by atoms with Crippen LogP contribution in [0.25, 0.3) is 21.2 Å². The molecule has 0 aliphatic carbocycles. The van der Waals surface area contributed by atoms with E-state index in [1.807, 2.05) is 54.9 Å². The molecule has 38 heavy (non-hydrogen) atoms. The lowest BCUT2D eigenvalue weighted by Crippen LogP contribution is -2.32. The van der Waals surface area contributed by atoms with Gasteiger partial charge >= 0.3 is 0 Å². The maximum absolute atomic E-state index is 13.1. The van der Waals surface area contributed by atoms with Crippen LogP contribution in [0.3, 0.4) is 0 Å². The Kier molecular flexibility index (Phi) is 8.65. The maximum Gasteiger partial charge on any atom is 0.259 e. The van der Waals surface area contributed by atoms with Crippen molar-refractivity contribution >= 4 is 21.4 Å². The number of hydrogen-bond donors (Lipinski definition) is 0. The van der Waals surface area contributed by atoms with Crippen molar-refractivity contribution in [3.8, 4) is 16.9 Å². The van der Waals surface area contributed by atoms with Crippen molar-refractivity contribution in [2.45, 2.75) is 65.0 Å². The molecule has 3 heterocycles. The van der Waals surface area contributed by atoms with Crippen LogP contribution in [0.1, 0.15) is 56.4 Å². The van der Waals surface area contributed by atoms with Crippen molar-refractivity contribution in [2.24, 2.45) is 13.0 Å². The second-order valence-corrected chi connectivity index (χ2v) is 12.2. The number of pyridine rings is 1. The van der Waals surface area contributed by atoms with Gasteiger partial charge in [0.15, 0.2) is 0 Å². The van der Waals surface area contributed by atoms with Crippen molar-refractivity contribution in [1.29, 1.82) is 0 Å². The zero-order valence-corrected chi connectivity index (χ0v) is 23.8. The third kappa shape index (κ3) is 6.39. The first kappa shape index (κ1) is 26.7. The normalized spacial score (nSPS) is 17.3.